The minimum absolute atomic E-state index is 0.00957. The fraction of sp³-hybridized carbons (Fsp3) is 0.217. The van der Waals surface area contributed by atoms with Gasteiger partial charge in [0.25, 0.3) is 17.7 Å². The molecular weight excluding hydrogens is 510 g/mol. The molecule has 1 aliphatic heterocycles. The zero-order valence-corrected chi connectivity index (χ0v) is 20.0. The van der Waals surface area contributed by atoms with Crippen LogP contribution in [0.15, 0.2) is 48.6 Å². The molecule has 1 saturated heterocycles. The lowest BCUT2D eigenvalue weighted by Gasteiger charge is -2.30. The highest BCUT2D eigenvalue weighted by atomic mass is 35.5. The Kier molecular flexibility index (Phi) is 6.82. The van der Waals surface area contributed by atoms with Crippen molar-refractivity contribution >= 4 is 69.9 Å². The third kappa shape index (κ3) is 4.53. The van der Waals surface area contributed by atoms with Crippen molar-refractivity contribution in [3.63, 3.8) is 0 Å². The maximum Gasteiger partial charge on any atom is 0.274 e. The molecule has 0 unspecified atom stereocenters. The molecule has 33 heavy (non-hydrogen) atoms. The van der Waals surface area contributed by atoms with Crippen LogP contribution in [0, 0.1) is 11.8 Å². The zero-order valence-electron chi connectivity index (χ0n) is 16.9. The van der Waals surface area contributed by atoms with E-state index in [0.29, 0.717) is 22.9 Å². The number of hydrogen-bond acceptors (Lipinski definition) is 4. The molecule has 0 saturated carbocycles. The highest BCUT2D eigenvalue weighted by Gasteiger charge is 2.51. The molecule has 10 heteroatoms. The number of nitrogens with zero attached hydrogens (tertiary/aromatic N) is 2. The smallest absolute Gasteiger partial charge is 0.274 e. The first kappa shape index (κ1) is 23.8. The number of rotatable bonds is 5. The normalized spacial score (nSPS) is 19.6. The summed E-state index contributed by atoms with van der Waals surface area (Å²) in [6, 6.07) is 8.49. The van der Waals surface area contributed by atoms with E-state index < -0.39 is 41.9 Å². The summed E-state index contributed by atoms with van der Waals surface area (Å²) in [5.41, 5.74) is 0.0870. The summed E-state index contributed by atoms with van der Waals surface area (Å²) in [5.74, 6) is -3.63. The van der Waals surface area contributed by atoms with Crippen LogP contribution in [-0.4, -0.2) is 40.1 Å². The predicted octanol–water partition coefficient (Wildman–Crippen LogP) is 5.49. The van der Waals surface area contributed by atoms with Gasteiger partial charge in [0.1, 0.15) is 6.54 Å². The quantitative estimate of drug-likeness (QED) is 0.294. The molecule has 2 atom stereocenters. The molecule has 2 aliphatic rings. The number of fused-ring (bicyclic) bond motifs is 1. The summed E-state index contributed by atoms with van der Waals surface area (Å²) in [6.45, 7) is -0.608. The van der Waals surface area contributed by atoms with Gasteiger partial charge < -0.3 is 0 Å². The van der Waals surface area contributed by atoms with Crippen molar-refractivity contribution < 1.29 is 19.2 Å². The molecule has 6 nitrogen and oxygen atoms in total. The number of ketones is 1. The van der Waals surface area contributed by atoms with Crippen LogP contribution in [0.2, 0.25) is 20.1 Å². The second kappa shape index (κ2) is 9.47. The van der Waals surface area contributed by atoms with Gasteiger partial charge in [0.05, 0.1) is 27.4 Å². The van der Waals surface area contributed by atoms with Crippen LogP contribution >= 0.6 is 46.4 Å². The second-order valence-corrected chi connectivity index (χ2v) is 9.37. The maximum atomic E-state index is 13.5. The van der Waals surface area contributed by atoms with Crippen LogP contribution in [-0.2, 0) is 9.59 Å². The Morgan fingerprint density at radius 2 is 1.30 bits per heavy atom. The third-order valence-electron chi connectivity index (χ3n) is 5.65. The number of imide groups is 1. The predicted molar refractivity (Wildman–Crippen MR) is 125 cm³/mol. The number of hydrogen-bond donors (Lipinski definition) is 0. The zero-order chi connectivity index (χ0) is 23.9. The van der Waals surface area contributed by atoms with E-state index in [0.717, 1.165) is 10.0 Å². The Balaban J connectivity index is 1.73. The average Bonchev–Trinajstić information content (AvgIpc) is 3.02. The molecule has 0 spiro atoms. The van der Waals surface area contributed by atoms with Crippen LogP contribution in [0.5, 0.6) is 0 Å². The first-order chi connectivity index (χ1) is 15.7. The van der Waals surface area contributed by atoms with Crippen LogP contribution in [0.3, 0.4) is 0 Å². The molecule has 0 aromatic heterocycles. The number of carbonyl (C=O) groups is 4. The van der Waals surface area contributed by atoms with E-state index in [-0.39, 0.29) is 21.2 Å². The number of Topliss-reactive ketones (excluding diaryl/α,β-unsaturated/α-hetero) is 1. The van der Waals surface area contributed by atoms with E-state index in [1.807, 2.05) is 12.2 Å². The van der Waals surface area contributed by atoms with Gasteiger partial charge in [-0.1, -0.05) is 58.6 Å². The summed E-state index contributed by atoms with van der Waals surface area (Å²) >= 11 is 24.2. The van der Waals surface area contributed by atoms with Crippen LogP contribution < -0.4 is 0 Å². The fourth-order valence-corrected chi connectivity index (χ4v) is 5.00. The number of carbonyl (C=O) groups excluding carboxylic acids is 4. The lowest BCUT2D eigenvalue weighted by Crippen LogP contribution is -2.52. The Hall–Kier alpha value is -2.38. The first-order valence-electron chi connectivity index (χ1n) is 9.97. The number of amides is 3. The molecule has 1 aliphatic carbocycles. The largest absolute Gasteiger partial charge is 0.292 e. The van der Waals surface area contributed by atoms with E-state index in [1.54, 1.807) is 0 Å². The molecule has 1 heterocycles. The van der Waals surface area contributed by atoms with Crippen molar-refractivity contribution in [3.05, 3.63) is 79.8 Å². The van der Waals surface area contributed by atoms with Gasteiger partial charge in [-0.05, 0) is 49.2 Å². The van der Waals surface area contributed by atoms with Crippen molar-refractivity contribution in [2.45, 2.75) is 12.8 Å². The van der Waals surface area contributed by atoms with Crippen molar-refractivity contribution in [2.24, 2.45) is 11.8 Å². The lowest BCUT2D eigenvalue weighted by molar-refractivity contribution is -0.154. The topological polar surface area (TPSA) is 74.8 Å². The van der Waals surface area contributed by atoms with Crippen LogP contribution in [0.4, 0.5) is 0 Å². The highest BCUT2D eigenvalue weighted by molar-refractivity contribution is 6.37. The summed E-state index contributed by atoms with van der Waals surface area (Å²) in [4.78, 5) is 52.9. The minimum atomic E-state index is -0.789. The lowest BCUT2D eigenvalue weighted by atomic mass is 9.85. The standard InChI is InChI=1S/C23H16Cl4N2O4/c24-12-5-7-16(18(26)9-12)20(30)11-28(21(31)17-8-6-13(25)10-19(17)27)29-22(32)14-3-1-2-4-15(14)23(29)33/h1-2,5-10,14-15H,3-4,11H2/t14-,15-/m0/s1. The van der Waals surface area contributed by atoms with E-state index in [2.05, 4.69) is 0 Å². The Morgan fingerprint density at radius 1 is 0.818 bits per heavy atom. The van der Waals surface area contributed by atoms with E-state index in [4.69, 9.17) is 46.4 Å². The summed E-state index contributed by atoms with van der Waals surface area (Å²) < 4.78 is 0. The van der Waals surface area contributed by atoms with Gasteiger partial charge in [0, 0.05) is 15.6 Å². The summed E-state index contributed by atoms with van der Waals surface area (Å²) in [6.07, 6.45) is 4.42. The highest BCUT2D eigenvalue weighted by Crippen LogP contribution is 2.37. The van der Waals surface area contributed by atoms with Crippen molar-refractivity contribution in [1.29, 1.82) is 0 Å². The molecule has 2 aromatic carbocycles. The Morgan fingerprint density at radius 3 is 1.79 bits per heavy atom. The van der Waals surface area contributed by atoms with Crippen molar-refractivity contribution in [1.82, 2.24) is 10.0 Å². The number of benzene rings is 2. The maximum absolute atomic E-state index is 13.5. The third-order valence-corrected chi connectivity index (χ3v) is 6.74. The van der Waals surface area contributed by atoms with Crippen molar-refractivity contribution in [2.75, 3.05) is 6.54 Å². The molecular formula is C23H16Cl4N2O4. The molecule has 0 radical (unpaired) electrons. The number of halogens is 4. The number of allylic oxidation sites excluding steroid dienone is 2. The fourth-order valence-electron chi connectivity index (χ4n) is 3.99. The Bertz CT molecular complexity index is 1190. The number of hydrazine groups is 1. The average molecular weight is 526 g/mol. The summed E-state index contributed by atoms with van der Waals surface area (Å²) in [5, 5.41) is 2.35. The van der Waals surface area contributed by atoms with Gasteiger partial charge in [-0.3, -0.25) is 19.2 Å². The first-order valence-corrected chi connectivity index (χ1v) is 11.5. The monoisotopic (exact) mass is 524 g/mol. The van der Waals surface area contributed by atoms with Gasteiger partial charge in [-0.2, -0.15) is 5.01 Å². The van der Waals surface area contributed by atoms with E-state index >= 15 is 0 Å². The Labute approximate surface area is 209 Å². The van der Waals surface area contributed by atoms with Gasteiger partial charge in [0.2, 0.25) is 0 Å². The van der Waals surface area contributed by atoms with Crippen LogP contribution in [0.25, 0.3) is 0 Å². The van der Waals surface area contributed by atoms with Gasteiger partial charge in [-0.15, -0.1) is 0 Å². The minimum Gasteiger partial charge on any atom is -0.292 e. The molecule has 3 amide bonds. The van der Waals surface area contributed by atoms with E-state index in [1.165, 1.54) is 36.4 Å². The molecule has 2 aromatic rings. The van der Waals surface area contributed by atoms with Crippen LogP contribution in [0.1, 0.15) is 33.6 Å². The van der Waals surface area contributed by atoms with E-state index in [9.17, 15) is 19.2 Å². The van der Waals surface area contributed by atoms with Gasteiger partial charge >= 0.3 is 0 Å². The SMILES string of the molecule is O=C(CN(C(=O)c1ccc(Cl)cc1Cl)N1C(=O)[C@H]2CC=CC[C@@H]2C1=O)c1ccc(Cl)cc1Cl. The molecule has 170 valence electrons. The molecule has 1 fully saturated rings. The van der Waals surface area contributed by atoms with Gasteiger partial charge in [0.15, 0.2) is 5.78 Å². The van der Waals surface area contributed by atoms with Gasteiger partial charge in [-0.25, -0.2) is 5.01 Å². The molecule has 0 N–H and O–H groups in total. The molecule has 0 bridgehead atoms. The summed E-state index contributed by atoms with van der Waals surface area (Å²) in [7, 11) is 0. The van der Waals surface area contributed by atoms with Crippen molar-refractivity contribution in [3.8, 4) is 0 Å². The second-order valence-electron chi connectivity index (χ2n) is 7.68. The molecule has 4 rings (SSSR count).